The van der Waals surface area contributed by atoms with Crippen LogP contribution in [0, 0.1) is 0 Å². The Hall–Kier alpha value is -2.95. The van der Waals surface area contributed by atoms with Crippen molar-refractivity contribution in [1.29, 1.82) is 0 Å². The first-order valence-electron chi connectivity index (χ1n) is 10.5. The van der Waals surface area contributed by atoms with E-state index in [4.69, 9.17) is 9.47 Å². The molecule has 150 valence electrons. The van der Waals surface area contributed by atoms with E-state index in [1.165, 1.54) is 5.39 Å². The van der Waals surface area contributed by atoms with Gasteiger partial charge in [-0.25, -0.2) is 0 Å². The molecule has 1 saturated heterocycles. The molecule has 29 heavy (non-hydrogen) atoms. The molecule has 1 aromatic heterocycles. The third kappa shape index (κ3) is 3.35. The number of aromatic amines is 1. The van der Waals surface area contributed by atoms with Crippen molar-refractivity contribution < 1.29 is 14.3 Å². The van der Waals surface area contributed by atoms with E-state index in [1.807, 2.05) is 37.3 Å². The number of H-pyrrole nitrogens is 1. The van der Waals surface area contributed by atoms with Crippen molar-refractivity contribution >= 4 is 16.8 Å². The number of carbonyl (C=O) groups excluding carboxylic acids is 1. The molecule has 2 unspecified atom stereocenters. The number of likely N-dealkylation sites (tertiary alicyclic amines) is 1. The maximum atomic E-state index is 13.5. The highest BCUT2D eigenvalue weighted by molar-refractivity contribution is 5.85. The molecule has 1 fully saturated rings. The molecule has 2 aliphatic heterocycles. The topological polar surface area (TPSA) is 54.6 Å². The Morgan fingerprint density at radius 1 is 1.07 bits per heavy atom. The summed E-state index contributed by atoms with van der Waals surface area (Å²) < 4.78 is 11.3. The normalized spacial score (nSPS) is 19.9. The van der Waals surface area contributed by atoms with E-state index >= 15 is 0 Å². The molecule has 0 saturated carbocycles. The molecule has 5 rings (SSSR count). The molecule has 1 N–H and O–H groups in total. The Morgan fingerprint density at radius 3 is 2.76 bits per heavy atom. The number of carbonyl (C=O) groups is 1. The summed E-state index contributed by atoms with van der Waals surface area (Å²) in [6, 6.07) is 16.4. The summed E-state index contributed by atoms with van der Waals surface area (Å²) in [6.07, 6.45) is 3.19. The summed E-state index contributed by atoms with van der Waals surface area (Å²) in [6.45, 7) is 3.91. The number of nitrogens with one attached hydrogen (secondary N) is 1. The number of nitrogens with zero attached hydrogens (tertiary/aromatic N) is 1. The second-order valence-electron chi connectivity index (χ2n) is 7.98. The van der Waals surface area contributed by atoms with Gasteiger partial charge in [0.1, 0.15) is 13.2 Å². The van der Waals surface area contributed by atoms with E-state index in [2.05, 4.69) is 28.1 Å². The van der Waals surface area contributed by atoms with E-state index in [-0.39, 0.29) is 17.9 Å². The average Bonchev–Trinajstić information content (AvgIpc) is 3.22. The second kappa shape index (κ2) is 7.47. The summed E-state index contributed by atoms with van der Waals surface area (Å²) in [5.41, 5.74) is 3.23. The predicted octanol–water partition coefficient (Wildman–Crippen LogP) is 4.80. The maximum Gasteiger partial charge on any atom is 0.230 e. The minimum absolute atomic E-state index is 0.100. The Labute approximate surface area is 170 Å². The molecule has 2 aliphatic rings. The SMILES string of the molecule is CC(C(=O)N1CCCCC1c1cc2ccccc2[nH]1)c1ccc2c(c1)OCCO2. The standard InChI is InChI=1S/C24H26N2O3/c1-16(17-9-10-22-23(15-17)29-13-12-28-22)24(27)26-11-5-4-8-21(26)20-14-18-6-2-3-7-19(18)25-20/h2-3,6-7,9-10,14-16,21,25H,4-5,8,11-13H2,1H3. The molecule has 0 bridgehead atoms. The van der Waals surface area contributed by atoms with Crippen LogP contribution in [0.3, 0.4) is 0 Å². The Bertz CT molecular complexity index is 1010. The summed E-state index contributed by atoms with van der Waals surface area (Å²) in [7, 11) is 0. The highest BCUT2D eigenvalue weighted by Crippen LogP contribution is 2.37. The van der Waals surface area contributed by atoms with Crippen LogP contribution in [0.2, 0.25) is 0 Å². The molecule has 5 heteroatoms. The lowest BCUT2D eigenvalue weighted by Crippen LogP contribution is -2.40. The first-order chi connectivity index (χ1) is 14.2. The number of aromatic nitrogens is 1. The smallest absolute Gasteiger partial charge is 0.230 e. The Morgan fingerprint density at radius 2 is 1.90 bits per heavy atom. The van der Waals surface area contributed by atoms with Crippen LogP contribution in [-0.2, 0) is 4.79 Å². The molecule has 2 atom stereocenters. The fourth-order valence-electron chi connectivity index (χ4n) is 4.51. The van der Waals surface area contributed by atoms with Gasteiger partial charge in [-0.2, -0.15) is 0 Å². The van der Waals surface area contributed by atoms with Crippen LogP contribution in [0.1, 0.15) is 49.4 Å². The summed E-state index contributed by atoms with van der Waals surface area (Å²) in [4.78, 5) is 19.1. The second-order valence-corrected chi connectivity index (χ2v) is 7.98. The predicted molar refractivity (Wildman–Crippen MR) is 112 cm³/mol. The summed E-state index contributed by atoms with van der Waals surface area (Å²) in [5, 5.41) is 1.19. The van der Waals surface area contributed by atoms with Gasteiger partial charge in [-0.05, 0) is 61.4 Å². The quantitative estimate of drug-likeness (QED) is 0.699. The average molecular weight is 390 g/mol. The van der Waals surface area contributed by atoms with Crippen molar-refractivity contribution in [1.82, 2.24) is 9.88 Å². The van der Waals surface area contributed by atoms with Crippen molar-refractivity contribution in [2.24, 2.45) is 0 Å². The number of para-hydroxylation sites is 1. The van der Waals surface area contributed by atoms with Gasteiger partial charge in [-0.1, -0.05) is 24.3 Å². The highest BCUT2D eigenvalue weighted by atomic mass is 16.6. The number of hydrogen-bond donors (Lipinski definition) is 1. The van der Waals surface area contributed by atoms with Crippen molar-refractivity contribution in [3.8, 4) is 11.5 Å². The van der Waals surface area contributed by atoms with Gasteiger partial charge >= 0.3 is 0 Å². The molecule has 3 aromatic rings. The lowest BCUT2D eigenvalue weighted by Gasteiger charge is -2.37. The van der Waals surface area contributed by atoms with Crippen LogP contribution in [0.25, 0.3) is 10.9 Å². The fraction of sp³-hybridized carbons (Fsp3) is 0.375. The van der Waals surface area contributed by atoms with Gasteiger partial charge in [-0.15, -0.1) is 0 Å². The molecule has 1 amide bonds. The van der Waals surface area contributed by atoms with Crippen LogP contribution in [0.4, 0.5) is 0 Å². The number of ether oxygens (including phenoxy) is 2. The maximum absolute atomic E-state index is 13.5. The van der Waals surface area contributed by atoms with Crippen molar-refractivity contribution in [3.63, 3.8) is 0 Å². The van der Waals surface area contributed by atoms with Gasteiger partial charge in [0.2, 0.25) is 5.91 Å². The molecular weight excluding hydrogens is 364 g/mol. The molecule has 0 radical (unpaired) electrons. The highest BCUT2D eigenvalue weighted by Gasteiger charge is 2.32. The van der Waals surface area contributed by atoms with E-state index in [1.54, 1.807) is 0 Å². The van der Waals surface area contributed by atoms with Crippen LogP contribution in [-0.4, -0.2) is 35.5 Å². The fourth-order valence-corrected chi connectivity index (χ4v) is 4.51. The van der Waals surface area contributed by atoms with Gasteiger partial charge in [0.25, 0.3) is 0 Å². The molecule has 0 aliphatic carbocycles. The zero-order valence-corrected chi connectivity index (χ0v) is 16.7. The number of fused-ring (bicyclic) bond motifs is 2. The van der Waals surface area contributed by atoms with Gasteiger partial charge in [0, 0.05) is 17.8 Å². The van der Waals surface area contributed by atoms with Crippen molar-refractivity contribution in [2.75, 3.05) is 19.8 Å². The van der Waals surface area contributed by atoms with Gasteiger partial charge in [-0.3, -0.25) is 4.79 Å². The van der Waals surface area contributed by atoms with Gasteiger partial charge in [0.15, 0.2) is 11.5 Å². The van der Waals surface area contributed by atoms with Crippen LogP contribution < -0.4 is 9.47 Å². The molecule has 2 aromatic carbocycles. The Balaban J connectivity index is 1.42. The number of benzene rings is 2. The van der Waals surface area contributed by atoms with E-state index in [0.717, 1.165) is 54.1 Å². The molecule has 0 spiro atoms. The van der Waals surface area contributed by atoms with Gasteiger partial charge < -0.3 is 19.4 Å². The largest absolute Gasteiger partial charge is 0.486 e. The van der Waals surface area contributed by atoms with Crippen LogP contribution in [0.15, 0.2) is 48.5 Å². The first kappa shape index (κ1) is 18.1. The third-order valence-electron chi connectivity index (χ3n) is 6.13. The zero-order chi connectivity index (χ0) is 19.8. The number of amides is 1. The van der Waals surface area contributed by atoms with Crippen molar-refractivity contribution in [2.45, 2.75) is 38.1 Å². The lowest BCUT2D eigenvalue weighted by atomic mass is 9.94. The molecule has 3 heterocycles. The Kier molecular flexibility index (Phi) is 4.66. The van der Waals surface area contributed by atoms with Gasteiger partial charge in [0.05, 0.1) is 12.0 Å². The molecular formula is C24H26N2O3. The van der Waals surface area contributed by atoms with Crippen molar-refractivity contribution in [3.05, 3.63) is 59.8 Å². The van der Waals surface area contributed by atoms with E-state index in [9.17, 15) is 4.79 Å². The monoisotopic (exact) mass is 390 g/mol. The summed E-state index contributed by atoms with van der Waals surface area (Å²) in [5.74, 6) is 1.44. The summed E-state index contributed by atoms with van der Waals surface area (Å²) >= 11 is 0. The first-order valence-corrected chi connectivity index (χ1v) is 10.5. The molecule has 5 nitrogen and oxygen atoms in total. The minimum Gasteiger partial charge on any atom is -0.486 e. The third-order valence-corrected chi connectivity index (χ3v) is 6.13. The minimum atomic E-state index is -0.226. The van der Waals surface area contributed by atoms with Crippen LogP contribution in [0.5, 0.6) is 11.5 Å². The number of rotatable bonds is 3. The zero-order valence-electron chi connectivity index (χ0n) is 16.7. The van der Waals surface area contributed by atoms with E-state index in [0.29, 0.717) is 13.2 Å². The lowest BCUT2D eigenvalue weighted by molar-refractivity contribution is -0.136. The van der Waals surface area contributed by atoms with E-state index < -0.39 is 0 Å². The van der Waals surface area contributed by atoms with Crippen LogP contribution >= 0.6 is 0 Å². The number of hydrogen-bond acceptors (Lipinski definition) is 3. The number of piperidine rings is 1.